The zero-order valence-corrected chi connectivity index (χ0v) is 12.3. The smallest absolute Gasteiger partial charge is 0.119 e. The van der Waals surface area contributed by atoms with E-state index in [4.69, 9.17) is 4.74 Å². The molecule has 0 aliphatic rings. The summed E-state index contributed by atoms with van der Waals surface area (Å²) in [6, 6.07) is 16.5. The van der Waals surface area contributed by atoms with Gasteiger partial charge in [0.15, 0.2) is 0 Å². The van der Waals surface area contributed by atoms with Gasteiger partial charge in [-0.2, -0.15) is 0 Å². The van der Waals surface area contributed by atoms with Crippen molar-refractivity contribution >= 4 is 11.0 Å². The summed E-state index contributed by atoms with van der Waals surface area (Å²) in [4.78, 5) is 4.40. The number of para-hydroxylation sites is 2. The molecule has 3 aromatic rings. The minimum absolute atomic E-state index is 0.720. The average Bonchev–Trinajstić information content (AvgIpc) is 2.95. The van der Waals surface area contributed by atoms with E-state index in [0.29, 0.717) is 0 Å². The van der Waals surface area contributed by atoms with E-state index < -0.39 is 0 Å². The molecule has 0 saturated heterocycles. The van der Waals surface area contributed by atoms with Gasteiger partial charge in [0, 0.05) is 6.54 Å². The highest BCUT2D eigenvalue weighted by molar-refractivity contribution is 5.74. The molecule has 0 unspecified atom stereocenters. The summed E-state index contributed by atoms with van der Waals surface area (Å²) in [6.07, 6.45) is 3.94. The average molecular weight is 280 g/mol. The van der Waals surface area contributed by atoms with E-state index in [1.54, 1.807) is 0 Å². The molecule has 21 heavy (non-hydrogen) atoms. The summed E-state index contributed by atoms with van der Waals surface area (Å²) >= 11 is 0. The second-order valence-electron chi connectivity index (χ2n) is 5.13. The largest absolute Gasteiger partial charge is 0.494 e. The van der Waals surface area contributed by atoms with Crippen molar-refractivity contribution in [1.29, 1.82) is 0 Å². The fourth-order valence-corrected chi connectivity index (χ4v) is 2.43. The third kappa shape index (κ3) is 3.24. The van der Waals surface area contributed by atoms with Crippen LogP contribution < -0.4 is 4.74 Å². The summed E-state index contributed by atoms with van der Waals surface area (Å²) in [5.74, 6) is 0.947. The Morgan fingerprint density at radius 3 is 2.67 bits per heavy atom. The van der Waals surface area contributed by atoms with Crippen LogP contribution in [0.15, 0.2) is 54.9 Å². The first-order chi connectivity index (χ1) is 10.4. The first-order valence-corrected chi connectivity index (χ1v) is 7.48. The monoisotopic (exact) mass is 280 g/mol. The SMILES string of the molecule is CCc1ccc(OCCCn2cnc3ccccc32)cc1. The summed E-state index contributed by atoms with van der Waals surface area (Å²) < 4.78 is 7.96. The molecule has 108 valence electrons. The summed E-state index contributed by atoms with van der Waals surface area (Å²) in [5.41, 5.74) is 3.57. The van der Waals surface area contributed by atoms with E-state index in [1.807, 2.05) is 36.7 Å². The predicted octanol–water partition coefficient (Wildman–Crippen LogP) is 4.07. The van der Waals surface area contributed by atoms with Crippen molar-refractivity contribution in [1.82, 2.24) is 9.55 Å². The van der Waals surface area contributed by atoms with Crippen LogP contribution in [0.5, 0.6) is 5.75 Å². The van der Waals surface area contributed by atoms with E-state index in [2.05, 4.69) is 34.7 Å². The first-order valence-electron chi connectivity index (χ1n) is 7.48. The van der Waals surface area contributed by atoms with Gasteiger partial charge in [0.2, 0.25) is 0 Å². The third-order valence-electron chi connectivity index (χ3n) is 3.67. The number of benzene rings is 2. The molecule has 0 spiro atoms. The first kappa shape index (κ1) is 13.7. The molecule has 0 atom stereocenters. The van der Waals surface area contributed by atoms with E-state index in [1.165, 1.54) is 11.1 Å². The normalized spacial score (nSPS) is 10.9. The highest BCUT2D eigenvalue weighted by Gasteiger charge is 2.01. The predicted molar refractivity (Wildman–Crippen MR) is 85.7 cm³/mol. The molecule has 0 amide bonds. The molecule has 3 heteroatoms. The lowest BCUT2D eigenvalue weighted by Gasteiger charge is -2.08. The second kappa shape index (κ2) is 6.44. The lowest BCUT2D eigenvalue weighted by atomic mass is 10.2. The van der Waals surface area contributed by atoms with Crippen LogP contribution in [0.2, 0.25) is 0 Å². The van der Waals surface area contributed by atoms with Crippen LogP contribution in [0.1, 0.15) is 18.9 Å². The van der Waals surface area contributed by atoms with Gasteiger partial charge in [0.05, 0.1) is 24.0 Å². The molecule has 0 fully saturated rings. The number of ether oxygens (including phenoxy) is 1. The van der Waals surface area contributed by atoms with Gasteiger partial charge in [-0.15, -0.1) is 0 Å². The molecule has 0 N–H and O–H groups in total. The molecule has 0 aliphatic heterocycles. The lowest BCUT2D eigenvalue weighted by molar-refractivity contribution is 0.302. The van der Waals surface area contributed by atoms with Gasteiger partial charge in [-0.1, -0.05) is 31.2 Å². The van der Waals surface area contributed by atoms with Gasteiger partial charge in [0.1, 0.15) is 5.75 Å². The topological polar surface area (TPSA) is 27.1 Å². The number of fused-ring (bicyclic) bond motifs is 1. The van der Waals surface area contributed by atoms with Crippen molar-refractivity contribution in [2.45, 2.75) is 26.3 Å². The zero-order chi connectivity index (χ0) is 14.5. The van der Waals surface area contributed by atoms with Crippen molar-refractivity contribution < 1.29 is 4.74 Å². The molecule has 0 bridgehead atoms. The van der Waals surface area contributed by atoms with Crippen molar-refractivity contribution in [3.05, 3.63) is 60.4 Å². The Labute approximate surface area is 125 Å². The minimum atomic E-state index is 0.720. The highest BCUT2D eigenvalue weighted by atomic mass is 16.5. The molecular formula is C18H20N2O. The second-order valence-corrected chi connectivity index (χ2v) is 5.13. The Balaban J connectivity index is 1.51. The van der Waals surface area contributed by atoms with E-state index in [0.717, 1.165) is 37.3 Å². The van der Waals surface area contributed by atoms with Crippen LogP contribution in [-0.2, 0) is 13.0 Å². The van der Waals surface area contributed by atoms with Gasteiger partial charge in [-0.25, -0.2) is 4.98 Å². The number of nitrogens with zero attached hydrogens (tertiary/aromatic N) is 2. The Morgan fingerprint density at radius 2 is 1.86 bits per heavy atom. The lowest BCUT2D eigenvalue weighted by Crippen LogP contribution is -2.03. The van der Waals surface area contributed by atoms with Crippen LogP contribution in [0.25, 0.3) is 11.0 Å². The van der Waals surface area contributed by atoms with Crippen molar-refractivity contribution in [2.75, 3.05) is 6.61 Å². The van der Waals surface area contributed by atoms with Crippen LogP contribution in [0.3, 0.4) is 0 Å². The van der Waals surface area contributed by atoms with Crippen molar-refractivity contribution in [2.24, 2.45) is 0 Å². The molecule has 1 aromatic heterocycles. The van der Waals surface area contributed by atoms with Gasteiger partial charge in [-0.05, 0) is 42.7 Å². The molecule has 2 aromatic carbocycles. The Morgan fingerprint density at radius 1 is 1.05 bits per heavy atom. The summed E-state index contributed by atoms with van der Waals surface area (Å²) in [6.45, 7) is 3.80. The number of aromatic nitrogens is 2. The molecule has 3 rings (SSSR count). The van der Waals surface area contributed by atoms with Gasteiger partial charge < -0.3 is 9.30 Å². The van der Waals surface area contributed by atoms with Crippen LogP contribution in [0.4, 0.5) is 0 Å². The summed E-state index contributed by atoms with van der Waals surface area (Å²) in [5, 5.41) is 0. The maximum absolute atomic E-state index is 5.78. The molecule has 3 nitrogen and oxygen atoms in total. The van der Waals surface area contributed by atoms with Crippen LogP contribution in [0, 0.1) is 0 Å². The number of hydrogen-bond donors (Lipinski definition) is 0. The Kier molecular flexibility index (Phi) is 4.20. The van der Waals surface area contributed by atoms with E-state index >= 15 is 0 Å². The van der Waals surface area contributed by atoms with Gasteiger partial charge in [-0.3, -0.25) is 0 Å². The third-order valence-corrected chi connectivity index (χ3v) is 3.67. The zero-order valence-electron chi connectivity index (χ0n) is 12.3. The molecule has 1 heterocycles. The Hall–Kier alpha value is -2.29. The number of aryl methyl sites for hydroxylation is 2. The van der Waals surface area contributed by atoms with Gasteiger partial charge >= 0.3 is 0 Å². The molecule has 0 aliphatic carbocycles. The molecular weight excluding hydrogens is 260 g/mol. The fourth-order valence-electron chi connectivity index (χ4n) is 2.43. The number of rotatable bonds is 6. The van der Waals surface area contributed by atoms with Crippen LogP contribution >= 0.6 is 0 Å². The van der Waals surface area contributed by atoms with E-state index in [-0.39, 0.29) is 0 Å². The fraction of sp³-hybridized carbons (Fsp3) is 0.278. The van der Waals surface area contributed by atoms with Crippen molar-refractivity contribution in [3.63, 3.8) is 0 Å². The van der Waals surface area contributed by atoms with Gasteiger partial charge in [0.25, 0.3) is 0 Å². The standard InChI is InChI=1S/C18H20N2O/c1-2-15-8-10-16(11-9-15)21-13-5-12-20-14-19-17-6-3-4-7-18(17)20/h3-4,6-11,14H,2,5,12-13H2,1H3. The molecule has 0 saturated carbocycles. The summed E-state index contributed by atoms with van der Waals surface area (Å²) in [7, 11) is 0. The maximum atomic E-state index is 5.78. The Bertz CT molecular complexity index is 701. The molecule has 0 radical (unpaired) electrons. The number of imidazole rings is 1. The van der Waals surface area contributed by atoms with Crippen molar-refractivity contribution in [3.8, 4) is 5.75 Å². The van der Waals surface area contributed by atoms with Crippen LogP contribution in [-0.4, -0.2) is 16.2 Å². The quantitative estimate of drug-likeness (QED) is 0.636. The van der Waals surface area contributed by atoms with E-state index in [9.17, 15) is 0 Å². The number of hydrogen-bond acceptors (Lipinski definition) is 2. The maximum Gasteiger partial charge on any atom is 0.119 e. The minimum Gasteiger partial charge on any atom is -0.494 e. The highest BCUT2D eigenvalue weighted by Crippen LogP contribution is 2.14.